The van der Waals surface area contributed by atoms with Crippen molar-refractivity contribution in [1.82, 2.24) is 20.3 Å². The highest BCUT2D eigenvalue weighted by molar-refractivity contribution is 7.18. The summed E-state index contributed by atoms with van der Waals surface area (Å²) >= 11 is 7.61. The first-order valence-electron chi connectivity index (χ1n) is 13.4. The van der Waals surface area contributed by atoms with Gasteiger partial charge < -0.3 is 20.1 Å². The molecular formula is C26H48ClN5O2S. The van der Waals surface area contributed by atoms with Crippen molar-refractivity contribution in [2.75, 3.05) is 45.8 Å². The summed E-state index contributed by atoms with van der Waals surface area (Å²) < 4.78 is 9.44. The summed E-state index contributed by atoms with van der Waals surface area (Å²) in [5, 5.41) is 8.25. The van der Waals surface area contributed by atoms with Crippen LogP contribution in [0.25, 0.3) is 10.3 Å². The Morgan fingerprint density at radius 2 is 1.63 bits per heavy atom. The molecule has 3 aliphatic rings. The number of fused-ring (bicyclic) bond motifs is 1. The molecule has 1 aliphatic carbocycles. The number of thiazole rings is 1. The van der Waals surface area contributed by atoms with Crippen molar-refractivity contribution in [2.45, 2.75) is 92.0 Å². The van der Waals surface area contributed by atoms with Gasteiger partial charge in [0.25, 0.3) is 0 Å². The molecule has 2 aromatic heterocycles. The van der Waals surface area contributed by atoms with Gasteiger partial charge in [0.2, 0.25) is 5.28 Å². The van der Waals surface area contributed by atoms with Crippen LogP contribution in [0.2, 0.25) is 5.28 Å². The lowest BCUT2D eigenvalue weighted by Crippen LogP contribution is -2.49. The van der Waals surface area contributed by atoms with Crippen molar-refractivity contribution in [1.29, 1.82) is 0 Å². The first-order chi connectivity index (χ1) is 17.1. The number of anilines is 1. The zero-order valence-corrected chi connectivity index (χ0v) is 24.6. The van der Waals surface area contributed by atoms with Crippen molar-refractivity contribution < 1.29 is 9.47 Å². The molecule has 4 heterocycles. The predicted molar refractivity (Wildman–Crippen MR) is 151 cm³/mol. The van der Waals surface area contributed by atoms with Crippen LogP contribution in [0.5, 0.6) is 0 Å². The van der Waals surface area contributed by atoms with Gasteiger partial charge in [-0.15, -0.1) is 0 Å². The molecule has 7 nitrogen and oxygen atoms in total. The Morgan fingerprint density at radius 1 is 1.03 bits per heavy atom. The molecule has 1 spiro atoms. The van der Waals surface area contributed by atoms with E-state index in [9.17, 15) is 0 Å². The number of rotatable bonds is 3. The Morgan fingerprint density at radius 3 is 2.11 bits per heavy atom. The number of nitrogens with zero attached hydrogens (tertiary/aromatic N) is 3. The van der Waals surface area contributed by atoms with E-state index in [1.54, 1.807) is 25.6 Å². The molecule has 0 bridgehead atoms. The van der Waals surface area contributed by atoms with Gasteiger partial charge in [-0.25, -0.2) is 9.97 Å². The van der Waals surface area contributed by atoms with Gasteiger partial charge in [0.1, 0.15) is 5.52 Å². The second-order valence-corrected chi connectivity index (χ2v) is 9.99. The van der Waals surface area contributed by atoms with E-state index in [0.717, 1.165) is 40.8 Å². The molecule has 5 rings (SSSR count). The van der Waals surface area contributed by atoms with Crippen LogP contribution in [-0.4, -0.2) is 61.5 Å². The number of hydrogen-bond donors (Lipinski definition) is 2. The average Bonchev–Trinajstić information content (AvgIpc) is 3.31. The molecule has 2 saturated heterocycles. The predicted octanol–water partition coefficient (Wildman–Crippen LogP) is 6.75. The third-order valence-electron chi connectivity index (χ3n) is 6.00. The van der Waals surface area contributed by atoms with E-state index in [1.807, 2.05) is 27.7 Å². The van der Waals surface area contributed by atoms with Crippen LogP contribution >= 0.6 is 22.9 Å². The molecule has 9 heteroatoms. The summed E-state index contributed by atoms with van der Waals surface area (Å²) in [7, 11) is 3.25. The average molecular weight is 530 g/mol. The molecule has 0 atom stereocenters. The Balaban J connectivity index is 0.000000319. The summed E-state index contributed by atoms with van der Waals surface area (Å²) in [5.41, 5.74) is 1.49. The van der Waals surface area contributed by atoms with Crippen LogP contribution in [0.15, 0.2) is 0 Å². The Bertz CT molecular complexity index is 802. The number of methoxy groups -OCH3 is 1. The number of halogens is 1. The Kier molecular flexibility index (Phi) is 16.6. The maximum absolute atomic E-state index is 6.01. The van der Waals surface area contributed by atoms with E-state index in [2.05, 4.69) is 37.2 Å². The molecule has 3 fully saturated rings. The van der Waals surface area contributed by atoms with Crippen LogP contribution in [0.3, 0.4) is 0 Å². The quantitative estimate of drug-likeness (QED) is 0.425. The number of ether oxygens (including phenoxy) is 2. The third kappa shape index (κ3) is 10.4. The minimum Gasteiger partial charge on any atom is -0.388 e. The zero-order chi connectivity index (χ0) is 26.1. The van der Waals surface area contributed by atoms with Crippen LogP contribution in [-0.2, 0) is 15.9 Å². The summed E-state index contributed by atoms with van der Waals surface area (Å²) in [6.45, 7) is 14.5. The van der Waals surface area contributed by atoms with E-state index in [4.69, 9.17) is 16.3 Å². The molecule has 2 N–H and O–H groups in total. The van der Waals surface area contributed by atoms with Crippen molar-refractivity contribution in [3.63, 3.8) is 0 Å². The minimum absolute atomic E-state index is 0.303. The van der Waals surface area contributed by atoms with Gasteiger partial charge in [-0.3, -0.25) is 0 Å². The smallest absolute Gasteiger partial charge is 0.225 e. The molecule has 0 aromatic carbocycles. The number of aromatic nitrogens is 3. The van der Waals surface area contributed by atoms with Gasteiger partial charge >= 0.3 is 0 Å². The molecule has 2 aromatic rings. The molecular weight excluding hydrogens is 482 g/mol. The molecule has 1 saturated carbocycles. The fourth-order valence-corrected chi connectivity index (χ4v) is 5.26. The van der Waals surface area contributed by atoms with Crippen molar-refractivity contribution in [3.05, 3.63) is 10.3 Å². The monoisotopic (exact) mass is 529 g/mol. The Hall–Kier alpha value is -1.06. The largest absolute Gasteiger partial charge is 0.388 e. The third-order valence-corrected chi connectivity index (χ3v) is 7.27. The standard InChI is InChI=1S/C13H17ClN4S.C7H13NO.C2H6O.2C2H6/c1-2-9-16-10-11(15-8-6-4-3-5-7-8)17-13(14)18-12(10)19-9;1-3-8-4-2-7(1)5-9-6-7;1-3-2;2*1-2/h8H,2-7H2,1H3,(H,15,17,18);8H,1-6H2;1-2H3;2*1-2H3. The van der Waals surface area contributed by atoms with Gasteiger partial charge in [-0.2, -0.15) is 4.98 Å². The minimum atomic E-state index is 0.303. The molecule has 0 unspecified atom stereocenters. The van der Waals surface area contributed by atoms with Crippen molar-refractivity contribution >= 4 is 39.1 Å². The second kappa shape index (κ2) is 18.2. The first kappa shape index (κ1) is 32.0. The fourth-order valence-electron chi connectivity index (χ4n) is 4.17. The SMILES string of the molecule is C1CC2(CCN1)COC2.CC.CC.CCc1nc2c(NC3CCCCC3)nc(Cl)nc2s1.COC. The lowest BCUT2D eigenvalue weighted by atomic mass is 9.77. The van der Waals surface area contributed by atoms with Crippen molar-refractivity contribution in [3.8, 4) is 0 Å². The summed E-state index contributed by atoms with van der Waals surface area (Å²) in [6.07, 6.45) is 9.89. The molecule has 0 amide bonds. The van der Waals surface area contributed by atoms with E-state index in [1.165, 1.54) is 58.0 Å². The van der Waals surface area contributed by atoms with Gasteiger partial charge in [0.05, 0.1) is 18.2 Å². The molecule has 0 radical (unpaired) electrons. The molecule has 202 valence electrons. The number of nitrogens with one attached hydrogen (secondary N) is 2. The van der Waals surface area contributed by atoms with Gasteiger partial charge in [-0.1, -0.05) is 65.2 Å². The van der Waals surface area contributed by atoms with Crippen LogP contribution in [0.1, 0.15) is 84.6 Å². The van der Waals surface area contributed by atoms with E-state index in [-0.39, 0.29) is 0 Å². The van der Waals surface area contributed by atoms with E-state index in [0.29, 0.717) is 16.7 Å². The van der Waals surface area contributed by atoms with E-state index < -0.39 is 0 Å². The normalized spacial score (nSPS) is 18.3. The lowest BCUT2D eigenvalue weighted by Gasteiger charge is -2.44. The summed E-state index contributed by atoms with van der Waals surface area (Å²) in [4.78, 5) is 14.1. The van der Waals surface area contributed by atoms with Crippen LogP contribution in [0.4, 0.5) is 5.82 Å². The van der Waals surface area contributed by atoms with Gasteiger partial charge in [-0.05, 0) is 56.8 Å². The topological polar surface area (TPSA) is 81.2 Å². The van der Waals surface area contributed by atoms with Crippen molar-refractivity contribution in [2.24, 2.45) is 5.41 Å². The maximum Gasteiger partial charge on any atom is 0.225 e. The number of piperidine rings is 1. The highest BCUT2D eigenvalue weighted by Gasteiger charge is 2.38. The fraction of sp³-hybridized carbons (Fsp3) is 0.808. The number of hydrogen-bond acceptors (Lipinski definition) is 8. The molecule has 35 heavy (non-hydrogen) atoms. The second-order valence-electron chi connectivity index (χ2n) is 8.59. The highest BCUT2D eigenvalue weighted by Crippen LogP contribution is 2.36. The van der Waals surface area contributed by atoms with E-state index >= 15 is 0 Å². The van der Waals surface area contributed by atoms with Gasteiger partial charge in [0, 0.05) is 25.7 Å². The molecule has 2 aliphatic heterocycles. The lowest BCUT2D eigenvalue weighted by molar-refractivity contribution is -0.127. The maximum atomic E-state index is 6.01. The highest BCUT2D eigenvalue weighted by atomic mass is 35.5. The van der Waals surface area contributed by atoms with Crippen LogP contribution in [0, 0.1) is 5.41 Å². The first-order valence-corrected chi connectivity index (χ1v) is 14.6. The van der Waals surface area contributed by atoms with Crippen LogP contribution < -0.4 is 10.6 Å². The summed E-state index contributed by atoms with van der Waals surface area (Å²) in [5.74, 6) is 0.804. The van der Waals surface area contributed by atoms with Gasteiger partial charge in [0.15, 0.2) is 10.6 Å². The number of aryl methyl sites for hydroxylation is 1. The summed E-state index contributed by atoms with van der Waals surface area (Å²) in [6, 6.07) is 0.495. The zero-order valence-electron chi connectivity index (χ0n) is 23.0. The Labute approximate surface area is 222 Å².